The van der Waals surface area contributed by atoms with Crippen LogP contribution in [0, 0.1) is 0 Å². The summed E-state index contributed by atoms with van der Waals surface area (Å²) in [5.41, 5.74) is 4.78. The molecule has 1 N–H and O–H groups in total. The highest BCUT2D eigenvalue weighted by Crippen LogP contribution is 2.38. The molecule has 3 aromatic rings. The van der Waals surface area contributed by atoms with E-state index in [1.165, 1.54) is 23.6 Å². The average Bonchev–Trinajstić information content (AvgIpc) is 3.25. The third-order valence-electron chi connectivity index (χ3n) is 6.09. The van der Waals surface area contributed by atoms with E-state index in [-0.39, 0.29) is 18.4 Å². The number of hydrogen-bond acceptors (Lipinski definition) is 4. The molecule has 1 saturated carbocycles. The molecule has 5 nitrogen and oxygen atoms in total. The summed E-state index contributed by atoms with van der Waals surface area (Å²) in [6.07, 6.45) is 9.78. The first-order chi connectivity index (χ1) is 15.1. The summed E-state index contributed by atoms with van der Waals surface area (Å²) < 4.78 is 7.08. The van der Waals surface area contributed by atoms with Gasteiger partial charge in [-0.15, -0.1) is 0 Å². The molecule has 2 aromatic carbocycles. The van der Waals surface area contributed by atoms with Crippen molar-refractivity contribution in [1.29, 1.82) is 0 Å². The van der Waals surface area contributed by atoms with Gasteiger partial charge in [-0.1, -0.05) is 60.7 Å². The Morgan fingerprint density at radius 2 is 1.81 bits per heavy atom. The molecule has 31 heavy (non-hydrogen) atoms. The van der Waals surface area contributed by atoms with Gasteiger partial charge in [0.25, 0.3) is 0 Å². The summed E-state index contributed by atoms with van der Waals surface area (Å²) in [5.74, 6) is 0.843. The molecule has 1 unspecified atom stereocenters. The molecule has 1 aliphatic carbocycles. The van der Waals surface area contributed by atoms with Crippen molar-refractivity contribution in [1.82, 2.24) is 9.55 Å². The van der Waals surface area contributed by atoms with E-state index in [0.717, 1.165) is 18.4 Å². The van der Waals surface area contributed by atoms with Crippen LogP contribution >= 0.6 is 0 Å². The van der Waals surface area contributed by atoms with Crippen LogP contribution in [0.25, 0.3) is 17.2 Å². The zero-order valence-electron chi connectivity index (χ0n) is 17.9. The SMILES string of the molecule is COC1CC(c2ccc(-c3ccc(/C=C/C(CO)n4ccnc4C(C)=O)cc3)cc2)C1. The minimum Gasteiger partial charge on any atom is -0.394 e. The lowest BCUT2D eigenvalue weighted by Crippen LogP contribution is -2.28. The summed E-state index contributed by atoms with van der Waals surface area (Å²) in [6.45, 7) is 1.37. The van der Waals surface area contributed by atoms with E-state index >= 15 is 0 Å². The van der Waals surface area contributed by atoms with E-state index in [0.29, 0.717) is 17.8 Å². The Labute approximate surface area is 183 Å². The van der Waals surface area contributed by atoms with Crippen LogP contribution in [0.4, 0.5) is 0 Å². The van der Waals surface area contributed by atoms with Gasteiger partial charge < -0.3 is 14.4 Å². The fourth-order valence-electron chi connectivity index (χ4n) is 4.08. The van der Waals surface area contributed by atoms with Crippen molar-refractivity contribution in [2.75, 3.05) is 13.7 Å². The summed E-state index contributed by atoms with van der Waals surface area (Å²) in [4.78, 5) is 15.8. The van der Waals surface area contributed by atoms with Crippen LogP contribution in [0.5, 0.6) is 0 Å². The number of benzene rings is 2. The maximum atomic E-state index is 11.7. The van der Waals surface area contributed by atoms with Crippen LogP contribution < -0.4 is 0 Å². The highest BCUT2D eigenvalue weighted by Gasteiger charge is 2.29. The van der Waals surface area contributed by atoms with Gasteiger partial charge in [0.05, 0.1) is 18.8 Å². The monoisotopic (exact) mass is 416 g/mol. The van der Waals surface area contributed by atoms with Crippen LogP contribution in [0.15, 0.2) is 67.0 Å². The molecule has 0 spiro atoms. The first-order valence-electron chi connectivity index (χ1n) is 10.6. The minimum atomic E-state index is -0.335. The number of hydrogen-bond donors (Lipinski definition) is 1. The number of aromatic nitrogens is 2. The summed E-state index contributed by atoms with van der Waals surface area (Å²) in [7, 11) is 1.79. The van der Waals surface area contributed by atoms with Gasteiger partial charge in [0.2, 0.25) is 0 Å². The third kappa shape index (κ3) is 4.68. The zero-order chi connectivity index (χ0) is 21.8. The van der Waals surface area contributed by atoms with Gasteiger partial charge in [-0.3, -0.25) is 4.79 Å². The Hall–Kier alpha value is -3.02. The van der Waals surface area contributed by atoms with E-state index in [2.05, 4.69) is 53.5 Å². The number of rotatable bonds is 8. The van der Waals surface area contributed by atoms with Crippen molar-refractivity contribution in [3.63, 3.8) is 0 Å². The molecule has 5 heteroatoms. The average molecular weight is 417 g/mol. The van der Waals surface area contributed by atoms with Crippen molar-refractivity contribution < 1.29 is 14.6 Å². The molecule has 0 aliphatic heterocycles. The van der Waals surface area contributed by atoms with E-state index in [1.807, 2.05) is 12.2 Å². The molecular weight excluding hydrogens is 388 g/mol. The number of carbonyl (C=O) groups is 1. The maximum absolute atomic E-state index is 11.7. The van der Waals surface area contributed by atoms with Crippen molar-refractivity contribution in [2.45, 2.75) is 37.8 Å². The number of ketones is 1. The number of imidazole rings is 1. The predicted octanol–water partition coefficient (Wildman–Crippen LogP) is 4.89. The first-order valence-corrected chi connectivity index (χ1v) is 10.6. The Morgan fingerprint density at radius 1 is 1.16 bits per heavy atom. The lowest BCUT2D eigenvalue weighted by atomic mass is 9.77. The molecule has 4 rings (SSSR count). The molecule has 1 atom stereocenters. The van der Waals surface area contributed by atoms with Crippen LogP contribution in [0.3, 0.4) is 0 Å². The maximum Gasteiger partial charge on any atom is 0.195 e. The molecule has 160 valence electrons. The van der Waals surface area contributed by atoms with Gasteiger partial charge >= 0.3 is 0 Å². The van der Waals surface area contributed by atoms with Gasteiger partial charge in [-0.05, 0) is 41.0 Å². The first kappa shape index (κ1) is 21.2. The standard InChI is InChI=1S/C26H28N2O3/c1-18(30)26-27-13-14-28(26)24(17-29)12-5-19-3-6-20(7-4-19)21-8-10-22(11-9-21)23-15-25(16-23)31-2/h3-14,23-25,29H,15-17H2,1-2H3/b12-5+. The van der Waals surface area contributed by atoms with E-state index in [4.69, 9.17) is 4.74 Å². The molecular formula is C26H28N2O3. The Kier molecular flexibility index (Phi) is 6.44. The van der Waals surface area contributed by atoms with Gasteiger partial charge in [0.1, 0.15) is 0 Å². The molecule has 0 saturated heterocycles. The van der Waals surface area contributed by atoms with Gasteiger partial charge in [0.15, 0.2) is 11.6 Å². The molecule has 1 fully saturated rings. The van der Waals surface area contributed by atoms with Crippen molar-refractivity contribution in [3.8, 4) is 11.1 Å². The number of nitrogens with zero attached hydrogens (tertiary/aromatic N) is 2. The largest absolute Gasteiger partial charge is 0.394 e. The molecule has 0 bridgehead atoms. The van der Waals surface area contributed by atoms with Crippen LogP contribution in [0.1, 0.15) is 53.5 Å². The number of carbonyl (C=O) groups excluding carboxylic acids is 1. The second-order valence-corrected chi connectivity index (χ2v) is 8.09. The van der Waals surface area contributed by atoms with Gasteiger partial charge in [-0.25, -0.2) is 4.98 Å². The molecule has 1 aliphatic rings. The fourth-order valence-corrected chi connectivity index (χ4v) is 4.08. The van der Waals surface area contributed by atoms with E-state index < -0.39 is 0 Å². The Balaban J connectivity index is 1.43. The van der Waals surface area contributed by atoms with E-state index in [1.54, 1.807) is 24.1 Å². The second-order valence-electron chi connectivity index (χ2n) is 8.09. The van der Waals surface area contributed by atoms with Gasteiger partial charge in [0, 0.05) is 26.4 Å². The third-order valence-corrected chi connectivity index (χ3v) is 6.09. The lowest BCUT2D eigenvalue weighted by Gasteiger charge is -2.34. The Bertz CT molecular complexity index is 1050. The second kappa shape index (κ2) is 9.41. The number of methoxy groups -OCH3 is 1. The van der Waals surface area contributed by atoms with E-state index in [9.17, 15) is 9.90 Å². The number of aliphatic hydroxyl groups excluding tert-OH is 1. The van der Waals surface area contributed by atoms with Crippen LogP contribution in [-0.2, 0) is 4.74 Å². The number of Topliss-reactive ketones (excluding diaryl/α,β-unsaturated/α-hetero) is 1. The van der Waals surface area contributed by atoms with Crippen LogP contribution in [-0.4, -0.2) is 40.3 Å². The summed E-state index contributed by atoms with van der Waals surface area (Å²) in [6, 6.07) is 16.8. The van der Waals surface area contributed by atoms with Gasteiger partial charge in [-0.2, -0.15) is 0 Å². The lowest BCUT2D eigenvalue weighted by molar-refractivity contribution is 0.0258. The highest BCUT2D eigenvalue weighted by molar-refractivity contribution is 5.90. The predicted molar refractivity (Wildman–Crippen MR) is 122 cm³/mol. The smallest absolute Gasteiger partial charge is 0.195 e. The topological polar surface area (TPSA) is 64.3 Å². The molecule has 0 radical (unpaired) electrons. The molecule has 1 heterocycles. The summed E-state index contributed by atoms with van der Waals surface area (Å²) in [5, 5.41) is 9.77. The minimum absolute atomic E-state index is 0.107. The van der Waals surface area contributed by atoms with Crippen molar-refractivity contribution in [2.24, 2.45) is 0 Å². The number of ether oxygens (including phenoxy) is 1. The van der Waals surface area contributed by atoms with Crippen molar-refractivity contribution >= 4 is 11.9 Å². The zero-order valence-corrected chi connectivity index (χ0v) is 17.9. The van der Waals surface area contributed by atoms with Crippen molar-refractivity contribution in [3.05, 3.63) is 84.0 Å². The normalized spacial score (nSPS) is 19.3. The molecule has 0 amide bonds. The molecule has 1 aromatic heterocycles. The summed E-state index contributed by atoms with van der Waals surface area (Å²) >= 11 is 0. The Morgan fingerprint density at radius 3 is 2.39 bits per heavy atom. The van der Waals surface area contributed by atoms with Crippen LogP contribution in [0.2, 0.25) is 0 Å². The highest BCUT2D eigenvalue weighted by atomic mass is 16.5. The number of aliphatic hydroxyl groups is 1. The quantitative estimate of drug-likeness (QED) is 0.531. The fraction of sp³-hybridized carbons (Fsp3) is 0.308.